The van der Waals surface area contributed by atoms with Gasteiger partial charge in [0.1, 0.15) is 11.7 Å². The molecular weight excluding hydrogens is 412 g/mol. The van der Waals surface area contributed by atoms with Crippen LogP contribution in [-0.4, -0.2) is 82.3 Å². The molecule has 1 N–H and O–H groups in total. The topological polar surface area (TPSA) is 97.2 Å². The van der Waals surface area contributed by atoms with E-state index < -0.39 is 5.60 Å². The van der Waals surface area contributed by atoms with Gasteiger partial charge in [0.15, 0.2) is 5.75 Å². The minimum atomic E-state index is -0.464. The Morgan fingerprint density at radius 2 is 1.59 bits per heavy atom. The van der Waals surface area contributed by atoms with Crippen LogP contribution < -0.4 is 9.64 Å². The van der Waals surface area contributed by atoms with E-state index in [-0.39, 0.29) is 30.5 Å². The number of carbonyl (C=O) groups excluding carboxylic acids is 1. The van der Waals surface area contributed by atoms with Crippen LogP contribution in [0.4, 0.5) is 10.7 Å². The van der Waals surface area contributed by atoms with Crippen molar-refractivity contribution in [2.75, 3.05) is 31.1 Å². The summed E-state index contributed by atoms with van der Waals surface area (Å²) in [5, 5.41) is 9.63. The van der Waals surface area contributed by atoms with E-state index in [4.69, 9.17) is 14.2 Å². The Balaban J connectivity index is 1.13. The molecule has 4 rings (SSSR count). The number of nitrogens with zero attached hydrogens (tertiary/aromatic N) is 4. The fraction of sp³-hybridized carbons (Fsp3) is 0.783. The van der Waals surface area contributed by atoms with Crippen molar-refractivity contribution in [2.45, 2.75) is 89.3 Å². The van der Waals surface area contributed by atoms with E-state index in [1.54, 1.807) is 17.3 Å². The van der Waals surface area contributed by atoms with Crippen LogP contribution in [0.25, 0.3) is 0 Å². The number of anilines is 1. The lowest BCUT2D eigenvalue weighted by molar-refractivity contribution is -0.110. The number of carbonyl (C=O) groups is 1. The van der Waals surface area contributed by atoms with Gasteiger partial charge in [-0.3, -0.25) is 0 Å². The molecule has 32 heavy (non-hydrogen) atoms. The summed E-state index contributed by atoms with van der Waals surface area (Å²) in [7, 11) is 0. The number of ether oxygens (including phenoxy) is 3. The summed E-state index contributed by atoms with van der Waals surface area (Å²) in [4.78, 5) is 24.9. The Bertz CT molecular complexity index is 747. The van der Waals surface area contributed by atoms with Gasteiger partial charge in [0.05, 0.1) is 30.7 Å². The molecule has 1 saturated carbocycles. The standard InChI is InChI=1S/C23H36N4O5/c1-23(2,3)32-22(29)27-10-6-17(7-11-27)30-18-12-19(13-18)31-20-14-24-21(25-15-20)26-8-4-16(28)5-9-26/h14-19,28H,4-13H2,1-3H3. The van der Waals surface area contributed by atoms with Gasteiger partial charge in [-0.2, -0.15) is 0 Å². The van der Waals surface area contributed by atoms with Crippen molar-refractivity contribution in [3.63, 3.8) is 0 Å². The molecule has 0 atom stereocenters. The zero-order valence-corrected chi connectivity index (χ0v) is 19.4. The van der Waals surface area contributed by atoms with E-state index in [1.165, 1.54) is 0 Å². The molecule has 3 fully saturated rings. The van der Waals surface area contributed by atoms with E-state index in [0.717, 1.165) is 51.6 Å². The largest absolute Gasteiger partial charge is 0.487 e. The van der Waals surface area contributed by atoms with Crippen molar-refractivity contribution >= 4 is 12.0 Å². The molecule has 2 saturated heterocycles. The number of rotatable bonds is 5. The highest BCUT2D eigenvalue weighted by molar-refractivity contribution is 5.68. The molecular formula is C23H36N4O5. The highest BCUT2D eigenvalue weighted by Gasteiger charge is 2.35. The van der Waals surface area contributed by atoms with Crippen molar-refractivity contribution in [2.24, 2.45) is 0 Å². The normalized spacial score (nSPS) is 25.4. The predicted octanol–water partition coefficient (Wildman–Crippen LogP) is 2.76. The second kappa shape index (κ2) is 9.79. The highest BCUT2D eigenvalue weighted by atomic mass is 16.6. The summed E-state index contributed by atoms with van der Waals surface area (Å²) in [5.74, 6) is 1.37. The van der Waals surface area contributed by atoms with Crippen molar-refractivity contribution in [3.8, 4) is 5.75 Å². The molecule has 0 bridgehead atoms. The summed E-state index contributed by atoms with van der Waals surface area (Å²) in [5.41, 5.74) is -0.464. The Morgan fingerprint density at radius 1 is 0.969 bits per heavy atom. The average molecular weight is 449 g/mol. The molecule has 1 amide bonds. The van der Waals surface area contributed by atoms with Crippen LogP contribution in [0.3, 0.4) is 0 Å². The Morgan fingerprint density at radius 3 is 2.19 bits per heavy atom. The van der Waals surface area contributed by atoms with Crippen LogP contribution in [0, 0.1) is 0 Å². The number of aliphatic hydroxyl groups is 1. The maximum atomic E-state index is 12.2. The van der Waals surface area contributed by atoms with Crippen LogP contribution in [0.15, 0.2) is 12.4 Å². The zero-order valence-electron chi connectivity index (χ0n) is 19.4. The van der Waals surface area contributed by atoms with Crippen LogP contribution in [0.2, 0.25) is 0 Å². The van der Waals surface area contributed by atoms with Gasteiger partial charge in [-0.15, -0.1) is 0 Å². The first-order chi connectivity index (χ1) is 15.2. The number of hydrogen-bond acceptors (Lipinski definition) is 8. The number of amides is 1. The van der Waals surface area contributed by atoms with Crippen molar-refractivity contribution in [1.29, 1.82) is 0 Å². The van der Waals surface area contributed by atoms with Crippen LogP contribution in [0.1, 0.15) is 59.3 Å². The molecule has 0 spiro atoms. The minimum absolute atomic E-state index is 0.126. The lowest BCUT2D eigenvalue weighted by Crippen LogP contribution is -2.46. The molecule has 1 aliphatic carbocycles. The Labute approximate surface area is 190 Å². The molecule has 1 aromatic heterocycles. The van der Waals surface area contributed by atoms with Gasteiger partial charge in [-0.05, 0) is 46.5 Å². The number of piperidine rings is 2. The summed E-state index contributed by atoms with van der Waals surface area (Å²) in [6.45, 7) is 8.56. The summed E-state index contributed by atoms with van der Waals surface area (Å²) in [6, 6.07) is 0. The molecule has 0 unspecified atom stereocenters. The molecule has 0 radical (unpaired) electrons. The summed E-state index contributed by atoms with van der Waals surface area (Å²) in [6.07, 6.45) is 8.44. The fourth-order valence-electron chi connectivity index (χ4n) is 4.29. The Hall–Kier alpha value is -2.13. The van der Waals surface area contributed by atoms with Gasteiger partial charge in [-0.1, -0.05) is 0 Å². The first-order valence-electron chi connectivity index (χ1n) is 11.8. The van der Waals surface area contributed by atoms with Crippen molar-refractivity contribution in [3.05, 3.63) is 12.4 Å². The van der Waals surface area contributed by atoms with Crippen LogP contribution in [0.5, 0.6) is 5.75 Å². The van der Waals surface area contributed by atoms with Crippen LogP contribution in [-0.2, 0) is 9.47 Å². The Kier molecular flexibility index (Phi) is 7.05. The van der Waals surface area contributed by atoms with E-state index >= 15 is 0 Å². The highest BCUT2D eigenvalue weighted by Crippen LogP contribution is 2.31. The first-order valence-corrected chi connectivity index (χ1v) is 11.8. The van der Waals surface area contributed by atoms with Gasteiger partial charge in [-0.25, -0.2) is 14.8 Å². The van der Waals surface area contributed by atoms with Crippen LogP contribution >= 0.6 is 0 Å². The molecule has 2 aliphatic heterocycles. The molecule has 9 heteroatoms. The molecule has 9 nitrogen and oxygen atoms in total. The van der Waals surface area contributed by atoms with Crippen molar-refractivity contribution < 1.29 is 24.1 Å². The minimum Gasteiger partial charge on any atom is -0.487 e. The zero-order chi connectivity index (χ0) is 22.7. The van der Waals surface area contributed by atoms with Gasteiger partial charge < -0.3 is 29.1 Å². The molecule has 178 valence electrons. The monoisotopic (exact) mass is 448 g/mol. The third kappa shape index (κ3) is 6.22. The van der Waals surface area contributed by atoms with Gasteiger partial charge in [0.25, 0.3) is 0 Å². The lowest BCUT2D eigenvalue weighted by atomic mass is 9.91. The number of likely N-dealkylation sites (tertiary alicyclic amines) is 1. The smallest absolute Gasteiger partial charge is 0.410 e. The van der Waals surface area contributed by atoms with E-state index in [0.29, 0.717) is 24.8 Å². The van der Waals surface area contributed by atoms with Gasteiger partial charge in [0, 0.05) is 39.0 Å². The maximum absolute atomic E-state index is 12.2. The fourth-order valence-corrected chi connectivity index (χ4v) is 4.29. The third-order valence-electron chi connectivity index (χ3n) is 6.19. The molecule has 0 aromatic carbocycles. The third-order valence-corrected chi connectivity index (χ3v) is 6.19. The lowest BCUT2D eigenvalue weighted by Gasteiger charge is -2.40. The van der Waals surface area contributed by atoms with E-state index in [2.05, 4.69) is 14.9 Å². The van der Waals surface area contributed by atoms with Gasteiger partial charge >= 0.3 is 6.09 Å². The quantitative estimate of drug-likeness (QED) is 0.734. The maximum Gasteiger partial charge on any atom is 0.410 e. The summed E-state index contributed by atoms with van der Waals surface area (Å²) >= 11 is 0. The molecule has 3 aliphatic rings. The second-order valence-electron chi connectivity index (χ2n) is 10.1. The number of aliphatic hydroxyl groups excluding tert-OH is 1. The predicted molar refractivity (Wildman–Crippen MR) is 119 cm³/mol. The average Bonchev–Trinajstić information content (AvgIpc) is 2.72. The van der Waals surface area contributed by atoms with Gasteiger partial charge in [0.2, 0.25) is 5.95 Å². The van der Waals surface area contributed by atoms with E-state index in [1.807, 2.05) is 20.8 Å². The van der Waals surface area contributed by atoms with Crippen molar-refractivity contribution in [1.82, 2.24) is 14.9 Å². The number of hydrogen-bond donors (Lipinski definition) is 1. The molecule has 1 aromatic rings. The SMILES string of the molecule is CC(C)(C)OC(=O)N1CCC(OC2CC(Oc3cnc(N4CCC(O)CC4)nc3)C2)CC1. The summed E-state index contributed by atoms with van der Waals surface area (Å²) < 4.78 is 17.7. The number of aromatic nitrogens is 2. The first kappa shape index (κ1) is 23.0. The molecule has 3 heterocycles. The van der Waals surface area contributed by atoms with E-state index in [9.17, 15) is 9.90 Å². The second-order valence-corrected chi connectivity index (χ2v) is 10.1.